The van der Waals surface area contributed by atoms with Crippen molar-refractivity contribution in [1.82, 2.24) is 9.97 Å². The molecule has 1 aromatic carbocycles. The van der Waals surface area contributed by atoms with Gasteiger partial charge in [0, 0.05) is 25.5 Å². The quantitative estimate of drug-likeness (QED) is 0.508. The van der Waals surface area contributed by atoms with Crippen molar-refractivity contribution >= 4 is 5.69 Å². The lowest BCUT2D eigenvalue weighted by atomic mass is 9.87. The molecule has 4 rings (SSSR count). The number of ether oxygens (including phenoxy) is 1. The van der Waals surface area contributed by atoms with E-state index in [1.165, 1.54) is 12.3 Å². The van der Waals surface area contributed by atoms with E-state index < -0.39 is 11.9 Å². The van der Waals surface area contributed by atoms with Gasteiger partial charge in [-0.1, -0.05) is 36.4 Å². The van der Waals surface area contributed by atoms with Gasteiger partial charge in [0.2, 0.25) is 0 Å². The molecule has 1 aliphatic heterocycles. The molecule has 1 aliphatic rings. The van der Waals surface area contributed by atoms with Crippen LogP contribution in [0.15, 0.2) is 73.2 Å². The van der Waals surface area contributed by atoms with E-state index in [0.29, 0.717) is 12.5 Å². The summed E-state index contributed by atoms with van der Waals surface area (Å²) in [5, 5.41) is 0. The maximum absolute atomic E-state index is 12.8. The van der Waals surface area contributed by atoms with E-state index >= 15 is 0 Å². The number of piperidine rings is 1. The molecule has 1 fully saturated rings. The van der Waals surface area contributed by atoms with Crippen LogP contribution in [0.5, 0.6) is 0 Å². The molecule has 4 nitrogen and oxygen atoms in total. The maximum Gasteiger partial charge on any atom is 0.433 e. The molecular weight excluding hydrogens is 403 g/mol. The Kier molecular flexibility index (Phi) is 6.51. The molecule has 0 bridgehead atoms. The highest BCUT2D eigenvalue weighted by Crippen LogP contribution is 2.36. The molecule has 0 amide bonds. The van der Waals surface area contributed by atoms with E-state index in [1.807, 2.05) is 48.7 Å². The van der Waals surface area contributed by atoms with Crippen molar-refractivity contribution in [2.24, 2.45) is 5.92 Å². The van der Waals surface area contributed by atoms with Crippen LogP contribution in [0.1, 0.15) is 35.8 Å². The summed E-state index contributed by atoms with van der Waals surface area (Å²) >= 11 is 0. The zero-order valence-corrected chi connectivity index (χ0v) is 17.0. The second-order valence-electron chi connectivity index (χ2n) is 7.73. The molecule has 1 saturated heterocycles. The Balaban J connectivity index is 1.42. The van der Waals surface area contributed by atoms with Gasteiger partial charge in [0.1, 0.15) is 5.69 Å². The highest BCUT2D eigenvalue weighted by atomic mass is 19.4. The zero-order chi connectivity index (χ0) is 21.7. The molecule has 0 aliphatic carbocycles. The minimum absolute atomic E-state index is 0.0817. The van der Waals surface area contributed by atoms with Crippen molar-refractivity contribution in [2.45, 2.75) is 31.7 Å². The van der Waals surface area contributed by atoms with Crippen molar-refractivity contribution in [3.63, 3.8) is 0 Å². The SMILES string of the molecule is FC(F)(F)c1ccc(N2CCC(C(OCc3ccccc3)c3cccnc3)CC2)cn1. The summed E-state index contributed by atoms with van der Waals surface area (Å²) in [6.45, 7) is 2.00. The summed E-state index contributed by atoms with van der Waals surface area (Å²) in [5.74, 6) is 0.298. The monoisotopic (exact) mass is 427 g/mol. The third-order valence-corrected chi connectivity index (χ3v) is 5.66. The second-order valence-corrected chi connectivity index (χ2v) is 7.73. The number of halogens is 3. The topological polar surface area (TPSA) is 38.2 Å². The maximum atomic E-state index is 12.8. The summed E-state index contributed by atoms with van der Waals surface area (Å²) in [6.07, 6.45) is 2.15. The number of benzene rings is 1. The minimum atomic E-state index is -4.42. The van der Waals surface area contributed by atoms with Gasteiger partial charge in [-0.15, -0.1) is 0 Å². The first-order chi connectivity index (χ1) is 15.0. The summed E-state index contributed by atoms with van der Waals surface area (Å²) in [4.78, 5) is 9.93. The third-order valence-electron chi connectivity index (χ3n) is 5.66. The Bertz CT molecular complexity index is 941. The van der Waals surface area contributed by atoms with Gasteiger partial charge in [0.15, 0.2) is 0 Å². The molecule has 3 heterocycles. The van der Waals surface area contributed by atoms with E-state index in [1.54, 1.807) is 6.20 Å². The smallest absolute Gasteiger partial charge is 0.370 e. The van der Waals surface area contributed by atoms with Gasteiger partial charge in [-0.2, -0.15) is 13.2 Å². The number of hydrogen-bond acceptors (Lipinski definition) is 4. The van der Waals surface area contributed by atoms with Gasteiger partial charge in [-0.3, -0.25) is 4.98 Å². The van der Waals surface area contributed by atoms with Crippen LogP contribution in [0, 0.1) is 5.92 Å². The largest absolute Gasteiger partial charge is 0.433 e. The van der Waals surface area contributed by atoms with E-state index in [-0.39, 0.29) is 6.10 Å². The van der Waals surface area contributed by atoms with Crippen LogP contribution in [0.4, 0.5) is 18.9 Å². The Morgan fingerprint density at radius 1 is 0.968 bits per heavy atom. The predicted octanol–water partition coefficient (Wildman–Crippen LogP) is 5.67. The van der Waals surface area contributed by atoms with Crippen molar-refractivity contribution in [1.29, 1.82) is 0 Å². The zero-order valence-electron chi connectivity index (χ0n) is 17.0. The van der Waals surface area contributed by atoms with Crippen molar-refractivity contribution in [3.05, 3.63) is 90.0 Å². The summed E-state index contributed by atoms with van der Waals surface area (Å²) < 4.78 is 44.6. The van der Waals surface area contributed by atoms with Crippen LogP contribution >= 0.6 is 0 Å². The Morgan fingerprint density at radius 3 is 2.35 bits per heavy atom. The Morgan fingerprint density at radius 2 is 1.74 bits per heavy atom. The average Bonchev–Trinajstić information content (AvgIpc) is 2.81. The third kappa shape index (κ3) is 5.41. The number of anilines is 1. The lowest BCUT2D eigenvalue weighted by Crippen LogP contribution is -2.36. The fraction of sp³-hybridized carbons (Fsp3) is 0.333. The van der Waals surface area contributed by atoms with Crippen LogP contribution in [0.3, 0.4) is 0 Å². The molecule has 1 unspecified atom stereocenters. The number of alkyl halides is 3. The van der Waals surface area contributed by atoms with Gasteiger partial charge in [-0.25, -0.2) is 4.98 Å². The van der Waals surface area contributed by atoms with E-state index in [0.717, 1.165) is 48.8 Å². The van der Waals surface area contributed by atoms with Gasteiger partial charge in [0.05, 0.1) is 24.6 Å². The number of aromatic nitrogens is 2. The summed E-state index contributed by atoms with van der Waals surface area (Å²) in [7, 11) is 0. The number of nitrogens with zero attached hydrogens (tertiary/aromatic N) is 3. The molecule has 2 aromatic heterocycles. The van der Waals surface area contributed by atoms with Crippen molar-refractivity contribution < 1.29 is 17.9 Å². The van der Waals surface area contributed by atoms with Crippen LogP contribution in [-0.2, 0) is 17.5 Å². The van der Waals surface area contributed by atoms with Crippen molar-refractivity contribution in [3.8, 4) is 0 Å². The van der Waals surface area contributed by atoms with Gasteiger partial charge in [-0.05, 0) is 48.1 Å². The first-order valence-electron chi connectivity index (χ1n) is 10.3. The van der Waals surface area contributed by atoms with E-state index in [9.17, 15) is 13.2 Å². The normalized spacial score (nSPS) is 16.3. The molecule has 0 N–H and O–H groups in total. The summed E-state index contributed by atoms with van der Waals surface area (Å²) in [5.41, 5.74) is 2.02. The Hall–Kier alpha value is -2.93. The lowest BCUT2D eigenvalue weighted by molar-refractivity contribution is -0.141. The van der Waals surface area contributed by atoms with Crippen LogP contribution in [0.25, 0.3) is 0 Å². The molecule has 0 radical (unpaired) electrons. The highest BCUT2D eigenvalue weighted by molar-refractivity contribution is 5.45. The fourth-order valence-corrected chi connectivity index (χ4v) is 4.01. The van der Waals surface area contributed by atoms with Crippen LogP contribution < -0.4 is 4.90 Å². The summed E-state index contributed by atoms with van der Waals surface area (Å²) in [6, 6.07) is 16.5. The predicted molar refractivity (Wildman–Crippen MR) is 112 cm³/mol. The second kappa shape index (κ2) is 9.47. The molecular formula is C24H24F3N3O. The number of pyridine rings is 2. The van der Waals surface area contributed by atoms with E-state index in [2.05, 4.69) is 14.9 Å². The molecule has 162 valence electrons. The molecule has 31 heavy (non-hydrogen) atoms. The first kappa shape index (κ1) is 21.3. The van der Waals surface area contributed by atoms with Crippen LogP contribution in [-0.4, -0.2) is 23.1 Å². The lowest BCUT2D eigenvalue weighted by Gasteiger charge is -2.37. The van der Waals surface area contributed by atoms with Gasteiger partial charge in [0.25, 0.3) is 0 Å². The number of rotatable bonds is 6. The van der Waals surface area contributed by atoms with Gasteiger partial charge >= 0.3 is 6.18 Å². The minimum Gasteiger partial charge on any atom is -0.370 e. The molecule has 0 spiro atoms. The number of hydrogen-bond donors (Lipinski definition) is 0. The molecule has 0 saturated carbocycles. The van der Waals surface area contributed by atoms with Crippen molar-refractivity contribution in [2.75, 3.05) is 18.0 Å². The fourth-order valence-electron chi connectivity index (χ4n) is 4.01. The molecule has 3 aromatic rings. The standard InChI is InChI=1S/C24H24F3N3O/c25-24(26,27)22-9-8-21(16-29-22)30-13-10-19(11-14-30)23(20-7-4-12-28-15-20)31-17-18-5-2-1-3-6-18/h1-9,12,15-16,19,23H,10-11,13-14,17H2. The Labute approximate surface area is 179 Å². The first-order valence-corrected chi connectivity index (χ1v) is 10.3. The van der Waals surface area contributed by atoms with E-state index in [4.69, 9.17) is 4.74 Å². The highest BCUT2D eigenvalue weighted by Gasteiger charge is 2.33. The average molecular weight is 427 g/mol. The molecule has 7 heteroatoms. The molecule has 1 atom stereocenters. The van der Waals surface area contributed by atoms with Gasteiger partial charge < -0.3 is 9.64 Å². The van der Waals surface area contributed by atoms with Crippen LogP contribution in [0.2, 0.25) is 0 Å².